The van der Waals surface area contributed by atoms with E-state index in [2.05, 4.69) is 15.2 Å². The van der Waals surface area contributed by atoms with Gasteiger partial charge < -0.3 is 5.73 Å². The van der Waals surface area contributed by atoms with Crippen LogP contribution < -0.4 is 11.3 Å². The van der Waals surface area contributed by atoms with Gasteiger partial charge in [0.15, 0.2) is 0 Å². The lowest BCUT2D eigenvalue weighted by molar-refractivity contribution is 0.571. The first-order valence-electron chi connectivity index (χ1n) is 7.13. The zero-order valence-corrected chi connectivity index (χ0v) is 12.4. The molecular weight excluding hydrogens is 302 g/mol. The second-order valence-electron chi connectivity index (χ2n) is 5.55. The molecule has 1 atom stereocenters. The van der Waals surface area contributed by atoms with Gasteiger partial charge in [0.05, 0.1) is 28.2 Å². The Morgan fingerprint density at radius 1 is 1.36 bits per heavy atom. The van der Waals surface area contributed by atoms with Gasteiger partial charge in [-0.3, -0.25) is 9.89 Å². The molecule has 1 aromatic carbocycles. The maximum absolute atomic E-state index is 13.0. The molecule has 1 fully saturated rings. The Morgan fingerprint density at radius 2 is 2.18 bits per heavy atom. The fourth-order valence-electron chi connectivity index (χ4n) is 2.70. The van der Waals surface area contributed by atoms with Crippen LogP contribution in [0.15, 0.2) is 35.3 Å². The molecule has 0 radical (unpaired) electrons. The molecule has 0 unspecified atom stereocenters. The molecular formula is C15H14ClN5O. The number of benzene rings is 1. The third-order valence-electron chi connectivity index (χ3n) is 4.03. The number of nitrogens with two attached hydrogens (primary N) is 1. The maximum atomic E-state index is 13.0. The second kappa shape index (κ2) is 4.93. The van der Waals surface area contributed by atoms with E-state index in [1.807, 2.05) is 0 Å². The minimum atomic E-state index is -0.278. The fourth-order valence-corrected chi connectivity index (χ4v) is 2.95. The smallest absolute Gasteiger partial charge is 0.268 e. The number of aromatic nitrogens is 4. The summed E-state index contributed by atoms with van der Waals surface area (Å²) in [6.07, 6.45) is 3.71. The molecule has 0 saturated heterocycles. The molecule has 1 saturated carbocycles. The van der Waals surface area contributed by atoms with Gasteiger partial charge in [0.2, 0.25) is 0 Å². The van der Waals surface area contributed by atoms with Crippen LogP contribution in [0.4, 0.5) is 0 Å². The summed E-state index contributed by atoms with van der Waals surface area (Å²) in [6.45, 7) is 0. The second-order valence-corrected chi connectivity index (χ2v) is 5.96. The minimum absolute atomic E-state index is 0.231. The van der Waals surface area contributed by atoms with Gasteiger partial charge in [-0.2, -0.15) is 5.10 Å². The Bertz CT molecular complexity index is 898. The van der Waals surface area contributed by atoms with E-state index in [4.69, 9.17) is 17.3 Å². The van der Waals surface area contributed by atoms with Crippen molar-refractivity contribution in [2.75, 3.05) is 0 Å². The lowest BCUT2D eigenvalue weighted by Crippen LogP contribution is -2.29. The quantitative estimate of drug-likeness (QED) is 0.775. The molecule has 3 N–H and O–H groups in total. The molecule has 0 amide bonds. The molecule has 7 heteroatoms. The lowest BCUT2D eigenvalue weighted by Gasteiger charge is -2.17. The van der Waals surface area contributed by atoms with Gasteiger partial charge in [0, 0.05) is 6.07 Å². The topological polar surface area (TPSA) is 89.6 Å². The molecule has 2 heterocycles. The van der Waals surface area contributed by atoms with Crippen molar-refractivity contribution in [1.82, 2.24) is 19.7 Å². The van der Waals surface area contributed by atoms with Gasteiger partial charge in [-0.25, -0.2) is 9.55 Å². The Morgan fingerprint density at radius 3 is 2.86 bits per heavy atom. The van der Waals surface area contributed by atoms with E-state index in [0.717, 1.165) is 12.8 Å². The summed E-state index contributed by atoms with van der Waals surface area (Å²) in [7, 11) is 0. The van der Waals surface area contributed by atoms with E-state index >= 15 is 0 Å². The number of H-pyrrole nitrogens is 1. The van der Waals surface area contributed by atoms with Gasteiger partial charge in [-0.15, -0.1) is 0 Å². The number of nitrogens with one attached hydrogen (secondary N) is 1. The first-order chi connectivity index (χ1) is 10.7. The molecule has 0 aliphatic heterocycles. The Kier molecular flexibility index (Phi) is 3.02. The van der Waals surface area contributed by atoms with Crippen LogP contribution in [0.1, 0.15) is 24.7 Å². The molecule has 6 nitrogen and oxygen atoms in total. The Hall–Kier alpha value is -2.18. The molecule has 1 aliphatic carbocycles. The Labute approximate surface area is 130 Å². The normalized spacial score (nSPS) is 16.1. The Balaban J connectivity index is 2.08. The lowest BCUT2D eigenvalue weighted by atomic mass is 10.1. The third kappa shape index (κ3) is 2.03. The number of nitrogens with zero attached hydrogens (tertiary/aromatic N) is 3. The highest BCUT2D eigenvalue weighted by Gasteiger charge is 2.33. The summed E-state index contributed by atoms with van der Waals surface area (Å²) in [6, 6.07) is 6.69. The van der Waals surface area contributed by atoms with Crippen molar-refractivity contribution < 1.29 is 0 Å². The predicted molar refractivity (Wildman–Crippen MR) is 84.1 cm³/mol. The van der Waals surface area contributed by atoms with Gasteiger partial charge in [0.1, 0.15) is 11.6 Å². The molecule has 4 rings (SSSR count). The highest BCUT2D eigenvalue weighted by atomic mass is 35.5. The summed E-state index contributed by atoms with van der Waals surface area (Å²) in [5.41, 5.74) is 6.65. The number of hydrogen-bond donors (Lipinski definition) is 2. The van der Waals surface area contributed by atoms with Gasteiger partial charge in [-0.05, 0) is 30.9 Å². The summed E-state index contributed by atoms with van der Waals surface area (Å²) >= 11 is 6.19. The molecule has 22 heavy (non-hydrogen) atoms. The van der Waals surface area contributed by atoms with Gasteiger partial charge in [-0.1, -0.05) is 17.7 Å². The van der Waals surface area contributed by atoms with Crippen LogP contribution in [0.2, 0.25) is 5.02 Å². The number of aromatic amines is 1. The number of rotatable bonds is 3. The zero-order chi connectivity index (χ0) is 15.3. The first-order valence-corrected chi connectivity index (χ1v) is 7.51. The van der Waals surface area contributed by atoms with Crippen LogP contribution in [0.5, 0.6) is 0 Å². The van der Waals surface area contributed by atoms with Gasteiger partial charge in [0.25, 0.3) is 5.56 Å². The molecule has 0 spiro atoms. The van der Waals surface area contributed by atoms with Crippen molar-refractivity contribution in [2.45, 2.75) is 18.9 Å². The summed E-state index contributed by atoms with van der Waals surface area (Å²) in [4.78, 5) is 17.6. The van der Waals surface area contributed by atoms with Crippen molar-refractivity contribution in [2.24, 2.45) is 11.7 Å². The van der Waals surface area contributed by atoms with E-state index in [0.29, 0.717) is 33.5 Å². The van der Waals surface area contributed by atoms with Crippen LogP contribution in [0.25, 0.3) is 16.7 Å². The summed E-state index contributed by atoms with van der Waals surface area (Å²) < 4.78 is 1.49. The number of halogens is 1. The average Bonchev–Trinajstić information content (AvgIpc) is 3.22. The molecule has 2 aromatic heterocycles. The number of fused-ring (bicyclic) bond motifs is 1. The molecule has 1 aliphatic rings. The summed E-state index contributed by atoms with van der Waals surface area (Å²) in [5.74, 6) is 1.47. The predicted octanol–water partition coefficient (Wildman–Crippen LogP) is 2.17. The highest BCUT2D eigenvalue weighted by Crippen LogP contribution is 2.39. The zero-order valence-electron chi connectivity index (χ0n) is 11.7. The van der Waals surface area contributed by atoms with Crippen molar-refractivity contribution >= 4 is 22.5 Å². The van der Waals surface area contributed by atoms with Crippen LogP contribution in [-0.2, 0) is 0 Å². The van der Waals surface area contributed by atoms with Crippen LogP contribution in [0, 0.1) is 5.92 Å². The fraction of sp³-hybridized carbons (Fsp3) is 0.267. The van der Waals surface area contributed by atoms with E-state index in [9.17, 15) is 4.79 Å². The highest BCUT2D eigenvalue weighted by molar-refractivity contribution is 6.35. The van der Waals surface area contributed by atoms with Crippen LogP contribution in [-0.4, -0.2) is 19.7 Å². The average molecular weight is 316 g/mol. The molecule has 0 bridgehead atoms. The van der Waals surface area contributed by atoms with Crippen molar-refractivity contribution in [3.8, 4) is 5.82 Å². The van der Waals surface area contributed by atoms with Crippen molar-refractivity contribution in [1.29, 1.82) is 0 Å². The van der Waals surface area contributed by atoms with Crippen LogP contribution in [0.3, 0.4) is 0 Å². The third-order valence-corrected chi connectivity index (χ3v) is 4.34. The first kappa shape index (κ1) is 13.5. The summed E-state index contributed by atoms with van der Waals surface area (Å²) in [5, 5.41) is 7.50. The van der Waals surface area contributed by atoms with E-state index in [1.54, 1.807) is 30.5 Å². The van der Waals surface area contributed by atoms with Crippen molar-refractivity contribution in [3.05, 3.63) is 51.7 Å². The molecule has 112 valence electrons. The number of hydrogen-bond acceptors (Lipinski definition) is 4. The van der Waals surface area contributed by atoms with E-state index in [1.165, 1.54) is 4.57 Å². The van der Waals surface area contributed by atoms with E-state index in [-0.39, 0.29) is 11.6 Å². The monoisotopic (exact) mass is 315 g/mol. The largest absolute Gasteiger partial charge is 0.321 e. The van der Waals surface area contributed by atoms with Crippen molar-refractivity contribution in [3.63, 3.8) is 0 Å². The van der Waals surface area contributed by atoms with Gasteiger partial charge >= 0.3 is 0 Å². The standard InChI is InChI=1S/C15H14ClN5O/c16-9-2-1-3-10-12(9)15(22)21(11-6-7-18-20-11)14(19-10)13(17)8-4-5-8/h1-3,6-8,13H,4-5,17H2,(H,18,20)/t13-/m0/s1. The van der Waals surface area contributed by atoms with Crippen LogP contribution >= 0.6 is 11.6 Å². The van der Waals surface area contributed by atoms with E-state index < -0.39 is 0 Å². The molecule has 3 aromatic rings. The SMILES string of the molecule is N[C@H](c1nc2cccc(Cl)c2c(=O)n1-c1ccn[nH]1)C1CC1. The maximum Gasteiger partial charge on any atom is 0.268 e. The minimum Gasteiger partial charge on any atom is -0.321 e.